The van der Waals surface area contributed by atoms with Crippen molar-refractivity contribution in [3.8, 4) is 0 Å². The summed E-state index contributed by atoms with van der Waals surface area (Å²) in [6, 6.07) is 3.95. The highest BCUT2D eigenvalue weighted by Crippen LogP contribution is 2.17. The van der Waals surface area contributed by atoms with E-state index >= 15 is 0 Å². The first kappa shape index (κ1) is 16.0. The third-order valence-corrected chi connectivity index (χ3v) is 3.68. The maximum Gasteiger partial charge on any atom is 0.493 e. The van der Waals surface area contributed by atoms with Crippen molar-refractivity contribution >= 4 is 18.6 Å². The smallest absolute Gasteiger partial charge is 0.478 e. The highest BCUT2D eigenvalue weighted by molar-refractivity contribution is 6.61. The summed E-state index contributed by atoms with van der Waals surface area (Å²) in [6.07, 6.45) is 4.64. The fourth-order valence-corrected chi connectivity index (χ4v) is 2.44. The number of rotatable bonds is 6. The van der Waals surface area contributed by atoms with Crippen molar-refractivity contribution in [2.45, 2.75) is 32.6 Å². The number of carbonyl (C=O) groups is 1. The van der Waals surface area contributed by atoms with Crippen molar-refractivity contribution in [1.82, 2.24) is 0 Å². The monoisotopic (exact) mass is 294 g/mol. The summed E-state index contributed by atoms with van der Waals surface area (Å²) < 4.78 is 24.9. The predicted molar refractivity (Wildman–Crippen MR) is 78.3 cm³/mol. The minimum absolute atomic E-state index is 0.341. The molecule has 1 N–H and O–H groups in total. The van der Waals surface area contributed by atoms with E-state index in [-0.39, 0.29) is 5.56 Å². The van der Waals surface area contributed by atoms with Gasteiger partial charge in [0.15, 0.2) is 0 Å². The number of carboxylic acid groups (broad SMARTS) is 1. The summed E-state index contributed by atoms with van der Waals surface area (Å²) in [5, 5.41) is 8.80. The standard InChI is InChI=1S/C15H20BFO4/c1-2-3-4-5-11-9-20-16(21-10-11)12-6-7-13(15(18)19)14(17)8-12/h6-8,11H,2-5,9-10H2,1H3,(H,18,19). The van der Waals surface area contributed by atoms with E-state index in [1.54, 1.807) is 0 Å². The van der Waals surface area contributed by atoms with E-state index in [1.165, 1.54) is 37.5 Å². The van der Waals surface area contributed by atoms with Gasteiger partial charge in [0, 0.05) is 19.1 Å². The molecule has 0 radical (unpaired) electrons. The number of hydrogen-bond acceptors (Lipinski definition) is 3. The van der Waals surface area contributed by atoms with Crippen LogP contribution in [0.15, 0.2) is 18.2 Å². The number of aromatic carboxylic acids is 1. The second kappa shape index (κ2) is 7.57. The van der Waals surface area contributed by atoms with E-state index in [2.05, 4.69) is 6.92 Å². The van der Waals surface area contributed by atoms with E-state index in [1.807, 2.05) is 0 Å². The quantitative estimate of drug-likeness (QED) is 0.647. The van der Waals surface area contributed by atoms with Crippen LogP contribution in [0.1, 0.15) is 43.0 Å². The molecule has 21 heavy (non-hydrogen) atoms. The van der Waals surface area contributed by atoms with Crippen LogP contribution < -0.4 is 5.46 Å². The van der Waals surface area contributed by atoms with Gasteiger partial charge in [-0.2, -0.15) is 0 Å². The van der Waals surface area contributed by atoms with Gasteiger partial charge in [0.25, 0.3) is 0 Å². The van der Waals surface area contributed by atoms with Gasteiger partial charge in [0.1, 0.15) is 5.82 Å². The molecule has 6 heteroatoms. The van der Waals surface area contributed by atoms with Gasteiger partial charge < -0.3 is 14.4 Å². The minimum Gasteiger partial charge on any atom is -0.478 e. The van der Waals surface area contributed by atoms with Crippen LogP contribution in [0.3, 0.4) is 0 Å². The summed E-state index contributed by atoms with van der Waals surface area (Å²) in [6.45, 7) is 3.35. The molecule has 1 fully saturated rings. The van der Waals surface area contributed by atoms with Crippen LogP contribution in [0.25, 0.3) is 0 Å². The molecule has 0 aliphatic carbocycles. The molecule has 0 bridgehead atoms. The van der Waals surface area contributed by atoms with Crippen molar-refractivity contribution in [2.75, 3.05) is 13.2 Å². The zero-order chi connectivity index (χ0) is 15.2. The van der Waals surface area contributed by atoms with Gasteiger partial charge in [-0.25, -0.2) is 9.18 Å². The van der Waals surface area contributed by atoms with E-state index in [9.17, 15) is 9.18 Å². The van der Waals surface area contributed by atoms with Gasteiger partial charge in [0.05, 0.1) is 5.56 Å². The second-order valence-electron chi connectivity index (χ2n) is 5.40. The molecule has 114 valence electrons. The molecule has 0 amide bonds. The molecular weight excluding hydrogens is 274 g/mol. The molecule has 0 saturated carbocycles. The average molecular weight is 294 g/mol. The SMILES string of the molecule is CCCCCC1COB(c2ccc(C(=O)O)c(F)c2)OC1. The Balaban J connectivity index is 1.90. The Labute approximate surface area is 124 Å². The molecule has 0 atom stereocenters. The first-order valence-electron chi connectivity index (χ1n) is 7.37. The Hall–Kier alpha value is -1.40. The molecule has 1 aliphatic rings. The van der Waals surface area contributed by atoms with Gasteiger partial charge in [-0.05, 0) is 24.0 Å². The number of halogens is 1. The molecule has 0 aromatic heterocycles. The summed E-state index contributed by atoms with van der Waals surface area (Å²) in [5.74, 6) is -1.66. The van der Waals surface area contributed by atoms with E-state index < -0.39 is 18.9 Å². The Morgan fingerprint density at radius 3 is 2.67 bits per heavy atom. The normalized spacial score (nSPS) is 16.2. The molecule has 0 unspecified atom stereocenters. The van der Waals surface area contributed by atoms with Crippen molar-refractivity contribution < 1.29 is 23.6 Å². The number of hydrogen-bond donors (Lipinski definition) is 1. The zero-order valence-electron chi connectivity index (χ0n) is 12.2. The van der Waals surface area contributed by atoms with Gasteiger partial charge in [-0.3, -0.25) is 0 Å². The number of benzene rings is 1. The lowest BCUT2D eigenvalue weighted by molar-refractivity contribution is 0.0691. The third-order valence-electron chi connectivity index (χ3n) is 3.68. The Morgan fingerprint density at radius 1 is 1.38 bits per heavy atom. The Kier molecular flexibility index (Phi) is 5.76. The fraction of sp³-hybridized carbons (Fsp3) is 0.533. The van der Waals surface area contributed by atoms with E-state index in [0.717, 1.165) is 6.42 Å². The van der Waals surface area contributed by atoms with Gasteiger partial charge in [-0.15, -0.1) is 0 Å². The molecule has 4 nitrogen and oxygen atoms in total. The van der Waals surface area contributed by atoms with Gasteiger partial charge >= 0.3 is 13.1 Å². The van der Waals surface area contributed by atoms with Crippen molar-refractivity contribution in [2.24, 2.45) is 5.92 Å². The van der Waals surface area contributed by atoms with Gasteiger partial charge in [0.2, 0.25) is 0 Å². The number of unbranched alkanes of at least 4 members (excludes halogenated alkanes) is 2. The lowest BCUT2D eigenvalue weighted by Crippen LogP contribution is -2.44. The van der Waals surface area contributed by atoms with Crippen molar-refractivity contribution in [3.05, 3.63) is 29.6 Å². The van der Waals surface area contributed by atoms with Crippen LogP contribution >= 0.6 is 0 Å². The molecular formula is C15H20BFO4. The van der Waals surface area contributed by atoms with Crippen LogP contribution in [-0.4, -0.2) is 31.4 Å². The topological polar surface area (TPSA) is 55.8 Å². The Bertz CT molecular complexity index is 487. The van der Waals surface area contributed by atoms with E-state index in [0.29, 0.717) is 24.6 Å². The third kappa shape index (κ3) is 4.28. The molecule has 1 aromatic carbocycles. The van der Waals surface area contributed by atoms with Crippen molar-refractivity contribution in [3.63, 3.8) is 0 Å². The van der Waals surface area contributed by atoms with Crippen LogP contribution in [0.4, 0.5) is 4.39 Å². The molecule has 0 spiro atoms. The first-order valence-corrected chi connectivity index (χ1v) is 7.37. The van der Waals surface area contributed by atoms with Crippen molar-refractivity contribution in [1.29, 1.82) is 0 Å². The molecule has 1 aliphatic heterocycles. The zero-order valence-corrected chi connectivity index (χ0v) is 12.2. The van der Waals surface area contributed by atoms with Crippen LogP contribution in [0.5, 0.6) is 0 Å². The van der Waals surface area contributed by atoms with Crippen LogP contribution in [-0.2, 0) is 9.31 Å². The highest BCUT2D eigenvalue weighted by Gasteiger charge is 2.29. The summed E-state index contributed by atoms with van der Waals surface area (Å²) >= 11 is 0. The Morgan fingerprint density at radius 2 is 2.10 bits per heavy atom. The summed E-state index contributed by atoms with van der Waals surface area (Å²) in [7, 11) is -0.607. The maximum atomic E-state index is 13.6. The first-order chi connectivity index (χ1) is 10.1. The second-order valence-corrected chi connectivity index (χ2v) is 5.40. The van der Waals surface area contributed by atoms with Crippen LogP contribution in [0, 0.1) is 11.7 Å². The predicted octanol–water partition coefficient (Wildman–Crippen LogP) is 2.46. The largest absolute Gasteiger partial charge is 0.493 e. The molecule has 2 rings (SSSR count). The summed E-state index contributed by atoms with van der Waals surface area (Å²) in [5.41, 5.74) is 0.177. The fourth-order valence-electron chi connectivity index (χ4n) is 2.44. The average Bonchev–Trinajstić information content (AvgIpc) is 2.48. The summed E-state index contributed by atoms with van der Waals surface area (Å²) in [4.78, 5) is 10.8. The minimum atomic E-state index is -1.28. The highest BCUT2D eigenvalue weighted by atomic mass is 19.1. The molecule has 1 heterocycles. The number of carboxylic acids is 1. The van der Waals surface area contributed by atoms with Gasteiger partial charge in [-0.1, -0.05) is 32.3 Å². The lowest BCUT2D eigenvalue weighted by atomic mass is 9.77. The maximum absolute atomic E-state index is 13.6. The van der Waals surface area contributed by atoms with E-state index in [4.69, 9.17) is 14.4 Å². The molecule has 1 aromatic rings. The lowest BCUT2D eigenvalue weighted by Gasteiger charge is -2.27. The molecule has 1 saturated heterocycles. The van der Waals surface area contributed by atoms with Crippen LogP contribution in [0.2, 0.25) is 0 Å².